The lowest BCUT2D eigenvalue weighted by Gasteiger charge is -2.09. The SMILES string of the molecule is CC(=O)c1c(C)n(-c2ccc(Cl)cc2)c2ccc(OCc3nnc(-c4ccccc4)o3)cc12. The molecule has 0 aliphatic carbocycles. The van der Waals surface area contributed by atoms with Gasteiger partial charge in [0.05, 0.1) is 5.52 Å². The molecule has 2 aromatic heterocycles. The standard InChI is InChI=1S/C26H20ClN3O3/c1-16-25(17(2)31)22-14-21(12-13-23(22)30(16)20-10-8-19(27)9-11-20)32-15-24-28-29-26(33-24)18-6-4-3-5-7-18/h3-14H,15H2,1-2H3. The van der Waals surface area contributed by atoms with E-state index in [1.165, 1.54) is 0 Å². The molecule has 3 aromatic carbocycles. The highest BCUT2D eigenvalue weighted by atomic mass is 35.5. The van der Waals surface area contributed by atoms with Crippen molar-refractivity contribution in [2.75, 3.05) is 0 Å². The molecular weight excluding hydrogens is 438 g/mol. The van der Waals surface area contributed by atoms with Crippen molar-refractivity contribution in [1.82, 2.24) is 14.8 Å². The van der Waals surface area contributed by atoms with Gasteiger partial charge in [-0.2, -0.15) is 0 Å². The number of halogens is 1. The first-order valence-corrected chi connectivity index (χ1v) is 10.8. The van der Waals surface area contributed by atoms with Crippen molar-refractivity contribution >= 4 is 28.3 Å². The summed E-state index contributed by atoms with van der Waals surface area (Å²) in [7, 11) is 0. The molecule has 0 saturated heterocycles. The van der Waals surface area contributed by atoms with Gasteiger partial charge < -0.3 is 13.7 Å². The van der Waals surface area contributed by atoms with Crippen LogP contribution in [0.2, 0.25) is 5.02 Å². The average molecular weight is 458 g/mol. The Labute approximate surface area is 195 Å². The van der Waals surface area contributed by atoms with E-state index in [1.54, 1.807) is 6.92 Å². The molecule has 0 aliphatic rings. The van der Waals surface area contributed by atoms with Gasteiger partial charge in [0.2, 0.25) is 5.89 Å². The molecule has 2 heterocycles. The number of hydrogen-bond donors (Lipinski definition) is 0. The van der Waals surface area contributed by atoms with Crippen molar-refractivity contribution < 1.29 is 13.9 Å². The molecule has 0 N–H and O–H groups in total. The van der Waals surface area contributed by atoms with Gasteiger partial charge >= 0.3 is 0 Å². The first kappa shape index (κ1) is 21.0. The lowest BCUT2D eigenvalue weighted by Crippen LogP contribution is -1.99. The van der Waals surface area contributed by atoms with E-state index in [9.17, 15) is 4.79 Å². The lowest BCUT2D eigenvalue weighted by molar-refractivity contribution is 0.101. The summed E-state index contributed by atoms with van der Waals surface area (Å²) in [4.78, 5) is 12.5. The Morgan fingerprint density at radius 1 is 1.03 bits per heavy atom. The van der Waals surface area contributed by atoms with Gasteiger partial charge in [-0.25, -0.2) is 0 Å². The molecule has 0 bridgehead atoms. The first-order chi connectivity index (χ1) is 16.0. The normalized spacial score (nSPS) is 11.1. The molecule has 0 aliphatic heterocycles. The second-order valence-electron chi connectivity index (χ2n) is 7.66. The van der Waals surface area contributed by atoms with E-state index < -0.39 is 0 Å². The number of rotatable bonds is 6. The number of aromatic nitrogens is 3. The number of Topliss-reactive ketones (excluding diaryl/α,β-unsaturated/α-hetero) is 1. The predicted octanol–water partition coefficient (Wildman–Crippen LogP) is 6.42. The molecule has 0 spiro atoms. The molecular formula is C26H20ClN3O3. The van der Waals surface area contributed by atoms with Gasteiger partial charge in [0, 0.05) is 32.9 Å². The zero-order valence-electron chi connectivity index (χ0n) is 18.1. The van der Waals surface area contributed by atoms with Crippen LogP contribution in [-0.2, 0) is 6.61 Å². The molecule has 0 radical (unpaired) electrons. The molecule has 5 rings (SSSR count). The average Bonchev–Trinajstić information content (AvgIpc) is 3.40. The third-order valence-corrected chi connectivity index (χ3v) is 5.71. The molecule has 0 unspecified atom stereocenters. The van der Waals surface area contributed by atoms with Gasteiger partial charge in [0.25, 0.3) is 5.89 Å². The minimum Gasteiger partial charge on any atom is -0.484 e. The number of nitrogens with zero attached hydrogens (tertiary/aromatic N) is 3. The van der Waals surface area contributed by atoms with E-state index in [2.05, 4.69) is 14.8 Å². The van der Waals surface area contributed by atoms with Gasteiger partial charge in [0.15, 0.2) is 12.4 Å². The van der Waals surface area contributed by atoms with Crippen molar-refractivity contribution in [3.63, 3.8) is 0 Å². The van der Waals surface area contributed by atoms with E-state index >= 15 is 0 Å². The summed E-state index contributed by atoms with van der Waals surface area (Å²) in [6, 6.07) is 22.8. The van der Waals surface area contributed by atoms with Crippen molar-refractivity contribution in [3.05, 3.63) is 95.0 Å². The molecule has 5 aromatic rings. The third kappa shape index (κ3) is 4.01. The summed E-state index contributed by atoms with van der Waals surface area (Å²) in [6.07, 6.45) is 0. The second kappa shape index (κ2) is 8.56. The van der Waals surface area contributed by atoms with Crippen molar-refractivity contribution in [1.29, 1.82) is 0 Å². The monoisotopic (exact) mass is 457 g/mol. The van der Waals surface area contributed by atoms with Gasteiger partial charge in [-0.1, -0.05) is 29.8 Å². The van der Waals surface area contributed by atoms with E-state index in [1.807, 2.05) is 79.7 Å². The zero-order chi connectivity index (χ0) is 22.9. The molecule has 0 fully saturated rings. The molecule has 0 atom stereocenters. The van der Waals surface area contributed by atoms with Crippen molar-refractivity contribution in [2.45, 2.75) is 20.5 Å². The van der Waals surface area contributed by atoms with Crippen LogP contribution in [0.4, 0.5) is 0 Å². The molecule has 6 nitrogen and oxygen atoms in total. The highest BCUT2D eigenvalue weighted by Gasteiger charge is 2.19. The smallest absolute Gasteiger partial charge is 0.254 e. The fraction of sp³-hybridized carbons (Fsp3) is 0.115. The summed E-state index contributed by atoms with van der Waals surface area (Å²) in [5, 5.41) is 9.64. The first-order valence-electron chi connectivity index (χ1n) is 10.4. The predicted molar refractivity (Wildman–Crippen MR) is 127 cm³/mol. The minimum absolute atomic E-state index is 0.00762. The highest BCUT2D eigenvalue weighted by molar-refractivity contribution is 6.30. The number of ether oxygens (including phenoxy) is 1. The second-order valence-corrected chi connectivity index (χ2v) is 8.10. The summed E-state index contributed by atoms with van der Waals surface area (Å²) >= 11 is 6.06. The molecule has 33 heavy (non-hydrogen) atoms. The molecule has 0 saturated carbocycles. The summed E-state index contributed by atoms with van der Waals surface area (Å²) in [5.41, 5.74) is 4.22. The fourth-order valence-corrected chi connectivity index (χ4v) is 4.14. The lowest BCUT2D eigenvalue weighted by atomic mass is 10.1. The molecule has 0 amide bonds. The van der Waals surface area contributed by atoms with Crippen LogP contribution in [-0.4, -0.2) is 20.5 Å². The molecule has 7 heteroatoms. The zero-order valence-corrected chi connectivity index (χ0v) is 18.8. The minimum atomic E-state index is -0.00762. The van der Waals surface area contributed by atoms with Crippen LogP contribution in [0.15, 0.2) is 77.2 Å². The number of hydrogen-bond acceptors (Lipinski definition) is 5. The van der Waals surface area contributed by atoms with Crippen LogP contribution in [0.5, 0.6) is 5.75 Å². The Bertz CT molecular complexity index is 1450. The van der Waals surface area contributed by atoms with Crippen LogP contribution in [0, 0.1) is 6.92 Å². The van der Waals surface area contributed by atoms with Gasteiger partial charge in [-0.15, -0.1) is 10.2 Å². The Kier molecular flexibility index (Phi) is 5.44. The van der Waals surface area contributed by atoms with E-state index in [0.717, 1.165) is 27.8 Å². The Hall–Kier alpha value is -3.90. The topological polar surface area (TPSA) is 70.2 Å². The largest absolute Gasteiger partial charge is 0.484 e. The third-order valence-electron chi connectivity index (χ3n) is 5.46. The quantitative estimate of drug-likeness (QED) is 0.275. The van der Waals surface area contributed by atoms with Crippen molar-refractivity contribution in [2.24, 2.45) is 0 Å². The van der Waals surface area contributed by atoms with Crippen molar-refractivity contribution in [3.8, 4) is 22.9 Å². The Morgan fingerprint density at radius 3 is 2.52 bits per heavy atom. The van der Waals surface area contributed by atoms with Crippen LogP contribution >= 0.6 is 11.6 Å². The molecule has 164 valence electrons. The van der Waals surface area contributed by atoms with E-state index in [4.69, 9.17) is 20.8 Å². The Morgan fingerprint density at radius 2 is 1.79 bits per heavy atom. The number of ketones is 1. The van der Waals surface area contributed by atoms with Crippen LogP contribution in [0.3, 0.4) is 0 Å². The number of carbonyl (C=O) groups is 1. The van der Waals surface area contributed by atoms with Crippen LogP contribution in [0.25, 0.3) is 28.0 Å². The van der Waals surface area contributed by atoms with Gasteiger partial charge in [-0.3, -0.25) is 4.79 Å². The Balaban J connectivity index is 1.46. The number of benzene rings is 3. The number of fused-ring (bicyclic) bond motifs is 1. The fourth-order valence-electron chi connectivity index (χ4n) is 4.01. The van der Waals surface area contributed by atoms with Crippen LogP contribution < -0.4 is 4.74 Å². The van der Waals surface area contributed by atoms with E-state index in [0.29, 0.717) is 28.1 Å². The summed E-state index contributed by atoms with van der Waals surface area (Å²) in [6.45, 7) is 3.64. The maximum Gasteiger partial charge on any atom is 0.254 e. The van der Waals surface area contributed by atoms with Gasteiger partial charge in [-0.05, 0) is 68.4 Å². The van der Waals surface area contributed by atoms with Crippen LogP contribution in [0.1, 0.15) is 28.9 Å². The summed E-state index contributed by atoms with van der Waals surface area (Å²) < 4.78 is 13.7. The highest BCUT2D eigenvalue weighted by Crippen LogP contribution is 2.33. The maximum atomic E-state index is 12.5. The van der Waals surface area contributed by atoms with Gasteiger partial charge in [0.1, 0.15) is 5.75 Å². The van der Waals surface area contributed by atoms with E-state index in [-0.39, 0.29) is 12.4 Å². The number of carbonyl (C=O) groups excluding carboxylic acids is 1. The summed E-state index contributed by atoms with van der Waals surface area (Å²) in [5.74, 6) is 1.42. The maximum absolute atomic E-state index is 12.5.